The Hall–Kier alpha value is -2.10. The van der Waals surface area contributed by atoms with Crippen molar-refractivity contribution in [1.29, 1.82) is 0 Å². The number of aromatic nitrogens is 1. The lowest BCUT2D eigenvalue weighted by Gasteiger charge is -2.02. The van der Waals surface area contributed by atoms with Crippen LogP contribution in [0.5, 0.6) is 0 Å². The molecule has 2 aromatic rings. The van der Waals surface area contributed by atoms with Crippen molar-refractivity contribution in [2.75, 3.05) is 0 Å². The van der Waals surface area contributed by atoms with Gasteiger partial charge in [-0.25, -0.2) is 4.79 Å². The molecule has 0 atom stereocenters. The van der Waals surface area contributed by atoms with Crippen molar-refractivity contribution in [3.63, 3.8) is 0 Å². The van der Waals surface area contributed by atoms with Gasteiger partial charge in [-0.1, -0.05) is 36.3 Å². The second kappa shape index (κ2) is 4.41. The van der Waals surface area contributed by atoms with Gasteiger partial charge in [0.2, 0.25) is 0 Å². The van der Waals surface area contributed by atoms with E-state index in [1.807, 2.05) is 38.1 Å². The first-order valence-corrected chi connectivity index (χ1v) is 5.43. The molecule has 0 saturated carbocycles. The zero-order valence-electron chi connectivity index (χ0n) is 9.73. The molecule has 0 spiro atoms. The van der Waals surface area contributed by atoms with Gasteiger partial charge in [-0.2, -0.15) is 0 Å². The summed E-state index contributed by atoms with van der Waals surface area (Å²) >= 11 is 0. The zero-order chi connectivity index (χ0) is 12.4. The molecule has 0 saturated heterocycles. The van der Waals surface area contributed by atoms with Crippen LogP contribution in [0.3, 0.4) is 0 Å². The Morgan fingerprint density at radius 2 is 2.12 bits per heavy atom. The van der Waals surface area contributed by atoms with Gasteiger partial charge < -0.3 is 9.63 Å². The van der Waals surface area contributed by atoms with Crippen molar-refractivity contribution in [3.8, 4) is 11.3 Å². The standard InChI is InChI=1S/C13H13NO3/c1-3-10-11(13(15)16)12(17-14-10)9-7-5-4-6-8(9)2/h4-7H,3H2,1-2H3,(H,15,16). The molecule has 1 aromatic heterocycles. The molecular formula is C13H13NO3. The molecule has 88 valence electrons. The minimum absolute atomic E-state index is 0.168. The van der Waals surface area contributed by atoms with Crippen LogP contribution in [0.2, 0.25) is 0 Å². The van der Waals surface area contributed by atoms with Gasteiger partial charge in [0.25, 0.3) is 0 Å². The first-order valence-electron chi connectivity index (χ1n) is 5.43. The highest BCUT2D eigenvalue weighted by atomic mass is 16.5. The van der Waals surface area contributed by atoms with Crippen molar-refractivity contribution < 1.29 is 14.4 Å². The van der Waals surface area contributed by atoms with E-state index in [1.54, 1.807) is 0 Å². The number of carbonyl (C=O) groups is 1. The average Bonchev–Trinajstić information content (AvgIpc) is 2.73. The van der Waals surface area contributed by atoms with E-state index in [-0.39, 0.29) is 5.56 Å². The Balaban J connectivity index is 2.64. The number of hydrogen-bond acceptors (Lipinski definition) is 3. The average molecular weight is 231 g/mol. The van der Waals surface area contributed by atoms with Gasteiger partial charge >= 0.3 is 5.97 Å². The van der Waals surface area contributed by atoms with Crippen LogP contribution in [0.4, 0.5) is 0 Å². The van der Waals surface area contributed by atoms with Crippen LogP contribution < -0.4 is 0 Å². The summed E-state index contributed by atoms with van der Waals surface area (Å²) in [5.74, 6) is -0.659. The quantitative estimate of drug-likeness (QED) is 0.882. The molecule has 1 heterocycles. The monoisotopic (exact) mass is 231 g/mol. The van der Waals surface area contributed by atoms with Gasteiger partial charge in [0.15, 0.2) is 5.76 Å². The van der Waals surface area contributed by atoms with E-state index in [1.165, 1.54) is 0 Å². The summed E-state index contributed by atoms with van der Waals surface area (Å²) in [6, 6.07) is 7.50. The summed E-state index contributed by atoms with van der Waals surface area (Å²) in [4.78, 5) is 11.2. The lowest BCUT2D eigenvalue weighted by Crippen LogP contribution is -2.01. The first-order chi connectivity index (χ1) is 8.15. The summed E-state index contributed by atoms with van der Waals surface area (Å²) in [5, 5.41) is 13.0. The van der Waals surface area contributed by atoms with Crippen molar-refractivity contribution in [3.05, 3.63) is 41.1 Å². The molecule has 2 rings (SSSR count). The van der Waals surface area contributed by atoms with Crippen molar-refractivity contribution in [2.24, 2.45) is 0 Å². The van der Waals surface area contributed by atoms with Crippen LogP contribution in [0.1, 0.15) is 28.5 Å². The maximum Gasteiger partial charge on any atom is 0.341 e. The largest absolute Gasteiger partial charge is 0.477 e. The van der Waals surface area contributed by atoms with E-state index in [4.69, 9.17) is 4.52 Å². The Morgan fingerprint density at radius 1 is 1.41 bits per heavy atom. The molecular weight excluding hydrogens is 218 g/mol. The van der Waals surface area contributed by atoms with E-state index in [9.17, 15) is 9.90 Å². The smallest absolute Gasteiger partial charge is 0.341 e. The lowest BCUT2D eigenvalue weighted by molar-refractivity contribution is 0.0696. The van der Waals surface area contributed by atoms with E-state index < -0.39 is 5.97 Å². The predicted molar refractivity (Wildman–Crippen MR) is 63.0 cm³/mol. The minimum Gasteiger partial charge on any atom is -0.477 e. The van der Waals surface area contributed by atoms with Gasteiger partial charge in [0.05, 0.1) is 5.69 Å². The molecule has 0 unspecified atom stereocenters. The van der Waals surface area contributed by atoms with Crippen LogP contribution in [0, 0.1) is 6.92 Å². The van der Waals surface area contributed by atoms with Gasteiger partial charge in [-0.15, -0.1) is 0 Å². The molecule has 0 aliphatic carbocycles. The van der Waals surface area contributed by atoms with Crippen LogP contribution in [0.25, 0.3) is 11.3 Å². The van der Waals surface area contributed by atoms with Gasteiger partial charge in [-0.3, -0.25) is 0 Å². The summed E-state index contributed by atoms with van der Waals surface area (Å²) in [5.41, 5.74) is 2.39. The first kappa shape index (κ1) is 11.4. The minimum atomic E-state index is -0.999. The Labute approximate surface area is 98.9 Å². The highest BCUT2D eigenvalue weighted by molar-refractivity contribution is 5.95. The van der Waals surface area contributed by atoms with Crippen LogP contribution >= 0.6 is 0 Å². The number of benzene rings is 1. The fourth-order valence-corrected chi connectivity index (χ4v) is 1.80. The number of aryl methyl sites for hydroxylation is 2. The molecule has 1 aromatic carbocycles. The van der Waals surface area contributed by atoms with Crippen LogP contribution in [-0.2, 0) is 6.42 Å². The molecule has 1 N–H and O–H groups in total. The number of nitrogens with zero attached hydrogens (tertiary/aromatic N) is 1. The van der Waals surface area contributed by atoms with Gasteiger partial charge in [0.1, 0.15) is 5.56 Å². The van der Waals surface area contributed by atoms with E-state index >= 15 is 0 Å². The molecule has 0 bridgehead atoms. The number of hydrogen-bond donors (Lipinski definition) is 1. The molecule has 17 heavy (non-hydrogen) atoms. The van der Waals surface area contributed by atoms with Crippen molar-refractivity contribution >= 4 is 5.97 Å². The molecule has 4 heteroatoms. The number of carboxylic acid groups (broad SMARTS) is 1. The number of carboxylic acids is 1. The van der Waals surface area contributed by atoms with Crippen molar-refractivity contribution in [1.82, 2.24) is 5.16 Å². The van der Waals surface area contributed by atoms with Crippen LogP contribution in [0.15, 0.2) is 28.8 Å². The topological polar surface area (TPSA) is 63.3 Å². The van der Waals surface area contributed by atoms with Crippen molar-refractivity contribution in [2.45, 2.75) is 20.3 Å². The summed E-state index contributed by atoms with van der Waals surface area (Å²) in [6.07, 6.45) is 0.539. The second-order valence-corrected chi connectivity index (χ2v) is 3.81. The fourth-order valence-electron chi connectivity index (χ4n) is 1.80. The van der Waals surface area contributed by atoms with E-state index in [2.05, 4.69) is 5.16 Å². The highest BCUT2D eigenvalue weighted by Crippen LogP contribution is 2.29. The third-order valence-electron chi connectivity index (χ3n) is 2.70. The SMILES string of the molecule is CCc1noc(-c2ccccc2C)c1C(=O)O. The molecule has 0 aliphatic heterocycles. The third-order valence-corrected chi connectivity index (χ3v) is 2.70. The molecule has 0 fully saturated rings. The lowest BCUT2D eigenvalue weighted by atomic mass is 10.0. The summed E-state index contributed by atoms with van der Waals surface area (Å²) in [7, 11) is 0. The molecule has 0 aliphatic rings. The van der Waals surface area contributed by atoms with E-state index in [0.29, 0.717) is 17.9 Å². The number of aromatic carboxylic acids is 1. The van der Waals surface area contributed by atoms with Crippen LogP contribution in [-0.4, -0.2) is 16.2 Å². The Kier molecular flexibility index (Phi) is 2.95. The van der Waals surface area contributed by atoms with Gasteiger partial charge in [-0.05, 0) is 18.9 Å². The van der Waals surface area contributed by atoms with Gasteiger partial charge in [0, 0.05) is 5.56 Å². The van der Waals surface area contributed by atoms with E-state index in [0.717, 1.165) is 11.1 Å². The maximum absolute atomic E-state index is 11.2. The highest BCUT2D eigenvalue weighted by Gasteiger charge is 2.23. The number of rotatable bonds is 3. The normalized spacial score (nSPS) is 10.5. The fraction of sp³-hybridized carbons (Fsp3) is 0.231. The maximum atomic E-state index is 11.2. The second-order valence-electron chi connectivity index (χ2n) is 3.81. The summed E-state index contributed by atoms with van der Waals surface area (Å²) < 4.78 is 5.18. The third kappa shape index (κ3) is 1.93. The molecule has 4 nitrogen and oxygen atoms in total. The zero-order valence-corrected chi connectivity index (χ0v) is 9.73. The predicted octanol–water partition coefficient (Wildman–Crippen LogP) is 2.91. The molecule has 0 amide bonds. The Morgan fingerprint density at radius 3 is 2.71 bits per heavy atom. The summed E-state index contributed by atoms with van der Waals surface area (Å²) in [6.45, 7) is 3.76. The molecule has 0 radical (unpaired) electrons. The Bertz CT molecular complexity index is 558.